The van der Waals surface area contributed by atoms with Crippen molar-refractivity contribution in [2.24, 2.45) is 5.41 Å². The number of nitrogens with zero attached hydrogens (tertiary/aromatic N) is 1. The first-order valence-electron chi connectivity index (χ1n) is 6.98. The summed E-state index contributed by atoms with van der Waals surface area (Å²) in [6, 6.07) is 7.88. The van der Waals surface area contributed by atoms with Crippen LogP contribution in [0.5, 0.6) is 5.75 Å². The fourth-order valence-electron chi connectivity index (χ4n) is 2.99. The lowest BCUT2D eigenvalue weighted by Gasteiger charge is -2.29. The van der Waals surface area contributed by atoms with Crippen LogP contribution in [0.4, 0.5) is 0 Å². The molecule has 0 saturated heterocycles. The summed E-state index contributed by atoms with van der Waals surface area (Å²) < 4.78 is 8.39. The molecule has 1 aromatic carbocycles. The minimum atomic E-state index is 0.0102. The maximum absolute atomic E-state index is 12.3. The summed E-state index contributed by atoms with van der Waals surface area (Å²) in [5.41, 5.74) is 2.97. The first-order chi connectivity index (χ1) is 9.89. The molecule has 0 atom stereocenters. The second kappa shape index (κ2) is 5.02. The van der Waals surface area contributed by atoms with Crippen molar-refractivity contribution in [3.05, 3.63) is 46.2 Å². The first kappa shape index (κ1) is 14.4. The van der Waals surface area contributed by atoms with Crippen molar-refractivity contribution < 1.29 is 9.53 Å². The van der Waals surface area contributed by atoms with Gasteiger partial charge in [-0.2, -0.15) is 0 Å². The third kappa shape index (κ3) is 2.64. The Labute approximate surface area is 133 Å². The molecule has 3 rings (SSSR count). The maximum atomic E-state index is 12.3. The van der Waals surface area contributed by atoms with Crippen molar-refractivity contribution >= 4 is 21.7 Å². The van der Waals surface area contributed by atoms with Gasteiger partial charge in [0.25, 0.3) is 0 Å². The van der Waals surface area contributed by atoms with Gasteiger partial charge < -0.3 is 9.30 Å². The Kier molecular flexibility index (Phi) is 3.44. The van der Waals surface area contributed by atoms with E-state index in [-0.39, 0.29) is 11.2 Å². The average molecular weight is 348 g/mol. The zero-order valence-electron chi connectivity index (χ0n) is 12.4. The van der Waals surface area contributed by atoms with Crippen LogP contribution in [0.25, 0.3) is 5.69 Å². The molecular formula is C17H18BrNO2. The molecule has 0 radical (unpaired) electrons. The van der Waals surface area contributed by atoms with Crippen LogP contribution >= 0.6 is 15.9 Å². The number of carbonyl (C=O) groups excluding carboxylic acids is 1. The number of ketones is 1. The van der Waals surface area contributed by atoms with Crippen molar-refractivity contribution in [1.82, 2.24) is 4.57 Å². The van der Waals surface area contributed by atoms with Gasteiger partial charge in [0, 0.05) is 34.4 Å². The minimum Gasteiger partial charge on any atom is -0.497 e. The van der Waals surface area contributed by atoms with E-state index >= 15 is 0 Å². The van der Waals surface area contributed by atoms with Crippen LogP contribution in [-0.4, -0.2) is 17.5 Å². The highest BCUT2D eigenvalue weighted by Gasteiger charge is 2.33. The van der Waals surface area contributed by atoms with E-state index in [1.807, 2.05) is 30.5 Å². The maximum Gasteiger partial charge on any atom is 0.165 e. The molecule has 2 aromatic rings. The molecule has 0 unspecified atom stereocenters. The molecule has 3 nitrogen and oxygen atoms in total. The van der Waals surface area contributed by atoms with Gasteiger partial charge in [0.2, 0.25) is 0 Å². The van der Waals surface area contributed by atoms with Gasteiger partial charge in [0.05, 0.1) is 12.8 Å². The molecule has 0 spiro atoms. The first-order valence-corrected chi connectivity index (χ1v) is 7.77. The minimum absolute atomic E-state index is 0.0102. The molecular weight excluding hydrogens is 330 g/mol. The molecule has 0 bridgehead atoms. The lowest BCUT2D eigenvalue weighted by atomic mass is 9.76. The molecule has 1 heterocycles. The molecule has 0 N–H and O–H groups in total. The SMILES string of the molecule is COc1cc(Br)cc(-n2ccc3c2CC(C)(C)CC3=O)c1. The number of aromatic nitrogens is 1. The molecule has 0 aliphatic heterocycles. The summed E-state index contributed by atoms with van der Waals surface area (Å²) in [5, 5.41) is 0. The quantitative estimate of drug-likeness (QED) is 0.805. The zero-order chi connectivity index (χ0) is 15.2. The van der Waals surface area contributed by atoms with Crippen molar-refractivity contribution in [3.63, 3.8) is 0 Å². The van der Waals surface area contributed by atoms with E-state index in [0.717, 1.165) is 33.6 Å². The largest absolute Gasteiger partial charge is 0.497 e. The van der Waals surface area contributed by atoms with Crippen LogP contribution in [0.2, 0.25) is 0 Å². The predicted molar refractivity (Wildman–Crippen MR) is 86.5 cm³/mol. The third-order valence-electron chi connectivity index (χ3n) is 3.95. The van der Waals surface area contributed by atoms with Crippen LogP contribution in [0.15, 0.2) is 34.9 Å². The number of benzene rings is 1. The summed E-state index contributed by atoms with van der Waals surface area (Å²) in [7, 11) is 1.66. The molecule has 4 heteroatoms. The molecule has 0 saturated carbocycles. The number of hydrogen-bond donors (Lipinski definition) is 0. The van der Waals surface area contributed by atoms with E-state index in [0.29, 0.717) is 6.42 Å². The van der Waals surface area contributed by atoms with E-state index < -0.39 is 0 Å². The Bertz CT molecular complexity index is 716. The van der Waals surface area contributed by atoms with Crippen molar-refractivity contribution in [2.45, 2.75) is 26.7 Å². The Hall–Kier alpha value is -1.55. The van der Waals surface area contributed by atoms with Crippen molar-refractivity contribution in [3.8, 4) is 11.4 Å². The van der Waals surface area contributed by atoms with Crippen LogP contribution in [-0.2, 0) is 6.42 Å². The highest BCUT2D eigenvalue weighted by Crippen LogP contribution is 2.37. The Morgan fingerprint density at radius 1 is 1.24 bits per heavy atom. The summed E-state index contributed by atoms with van der Waals surface area (Å²) in [6.07, 6.45) is 3.49. The van der Waals surface area contributed by atoms with Crippen molar-refractivity contribution in [1.29, 1.82) is 0 Å². The highest BCUT2D eigenvalue weighted by atomic mass is 79.9. The second-order valence-electron chi connectivity index (χ2n) is 6.34. The molecule has 1 aliphatic rings. The molecule has 1 aliphatic carbocycles. The number of Topliss-reactive ketones (excluding diaryl/α,β-unsaturated/α-hetero) is 1. The van der Waals surface area contributed by atoms with E-state index in [2.05, 4.69) is 34.3 Å². The summed E-state index contributed by atoms with van der Waals surface area (Å²) in [5.74, 6) is 1.03. The molecule has 0 amide bonds. The van der Waals surface area contributed by atoms with E-state index in [1.165, 1.54) is 0 Å². The highest BCUT2D eigenvalue weighted by molar-refractivity contribution is 9.10. The Morgan fingerprint density at radius 2 is 2.00 bits per heavy atom. The van der Waals surface area contributed by atoms with Gasteiger partial charge in [-0.3, -0.25) is 4.79 Å². The normalized spacial score (nSPS) is 16.7. The second-order valence-corrected chi connectivity index (χ2v) is 7.25. The number of rotatable bonds is 2. The fourth-order valence-corrected chi connectivity index (χ4v) is 3.45. The zero-order valence-corrected chi connectivity index (χ0v) is 14.0. The molecule has 110 valence electrons. The smallest absolute Gasteiger partial charge is 0.165 e. The monoisotopic (exact) mass is 347 g/mol. The van der Waals surface area contributed by atoms with Gasteiger partial charge in [-0.25, -0.2) is 0 Å². The standard InChI is InChI=1S/C17H18BrNO2/c1-17(2)9-15-14(16(20)10-17)4-5-19(15)12-6-11(18)7-13(8-12)21-3/h4-8H,9-10H2,1-3H3. The van der Waals surface area contributed by atoms with Gasteiger partial charge in [-0.15, -0.1) is 0 Å². The average Bonchev–Trinajstić information content (AvgIpc) is 2.80. The van der Waals surface area contributed by atoms with Gasteiger partial charge in [-0.1, -0.05) is 29.8 Å². The lowest BCUT2D eigenvalue weighted by molar-refractivity contribution is 0.0911. The molecule has 1 aromatic heterocycles. The number of hydrogen-bond acceptors (Lipinski definition) is 2. The van der Waals surface area contributed by atoms with E-state index in [4.69, 9.17) is 4.74 Å². The Morgan fingerprint density at radius 3 is 2.71 bits per heavy atom. The number of methoxy groups -OCH3 is 1. The lowest BCUT2D eigenvalue weighted by Crippen LogP contribution is -2.27. The van der Waals surface area contributed by atoms with Gasteiger partial charge in [-0.05, 0) is 30.0 Å². The Balaban J connectivity index is 2.14. The van der Waals surface area contributed by atoms with Crippen LogP contribution in [0.1, 0.15) is 36.3 Å². The summed E-state index contributed by atoms with van der Waals surface area (Å²) in [4.78, 5) is 12.3. The molecule has 0 fully saturated rings. The van der Waals surface area contributed by atoms with Gasteiger partial charge in [0.1, 0.15) is 5.75 Å². The molecule has 21 heavy (non-hydrogen) atoms. The van der Waals surface area contributed by atoms with E-state index in [1.54, 1.807) is 7.11 Å². The van der Waals surface area contributed by atoms with Crippen LogP contribution in [0, 0.1) is 5.41 Å². The van der Waals surface area contributed by atoms with Gasteiger partial charge in [0.15, 0.2) is 5.78 Å². The number of fused-ring (bicyclic) bond motifs is 1. The third-order valence-corrected chi connectivity index (χ3v) is 4.41. The predicted octanol–water partition coefficient (Wildman–Crippen LogP) is 4.40. The number of carbonyl (C=O) groups is 1. The van der Waals surface area contributed by atoms with E-state index in [9.17, 15) is 4.79 Å². The van der Waals surface area contributed by atoms with Gasteiger partial charge >= 0.3 is 0 Å². The van der Waals surface area contributed by atoms with Crippen molar-refractivity contribution in [2.75, 3.05) is 7.11 Å². The van der Waals surface area contributed by atoms with Crippen LogP contribution in [0.3, 0.4) is 0 Å². The summed E-state index contributed by atoms with van der Waals surface area (Å²) >= 11 is 3.51. The summed E-state index contributed by atoms with van der Waals surface area (Å²) in [6.45, 7) is 4.29. The van der Waals surface area contributed by atoms with Crippen LogP contribution < -0.4 is 4.74 Å². The number of halogens is 1. The fraction of sp³-hybridized carbons (Fsp3) is 0.353. The number of ether oxygens (including phenoxy) is 1. The topological polar surface area (TPSA) is 31.2 Å².